The Kier molecular flexibility index (Phi) is 5.04. The highest BCUT2D eigenvalue weighted by Crippen LogP contribution is 2.37. The van der Waals surface area contributed by atoms with Gasteiger partial charge in [-0.3, -0.25) is 4.79 Å². The van der Waals surface area contributed by atoms with Gasteiger partial charge in [-0.1, -0.05) is 60.7 Å². The van der Waals surface area contributed by atoms with Crippen LogP contribution < -0.4 is 0 Å². The number of benzene rings is 3. The molecule has 0 spiro atoms. The molecule has 0 radical (unpaired) electrons. The van der Waals surface area contributed by atoms with Crippen molar-refractivity contribution in [2.45, 2.75) is 25.2 Å². The van der Waals surface area contributed by atoms with Crippen LogP contribution in [-0.2, 0) is 12.1 Å². The number of likely N-dealkylation sites (tertiary alicyclic amines) is 1. The van der Waals surface area contributed by atoms with Gasteiger partial charge >= 0.3 is 0 Å². The van der Waals surface area contributed by atoms with E-state index in [0.29, 0.717) is 36.5 Å². The molecule has 1 aliphatic heterocycles. The largest absolute Gasteiger partial charge is 0.389 e. The monoisotopic (exact) mass is 427 g/mol. The van der Waals surface area contributed by atoms with Gasteiger partial charge in [-0.2, -0.15) is 0 Å². The van der Waals surface area contributed by atoms with Crippen molar-refractivity contribution in [1.82, 2.24) is 14.5 Å². The molecule has 2 heterocycles. The molecule has 32 heavy (non-hydrogen) atoms. The second-order valence-corrected chi connectivity index (χ2v) is 8.19. The average molecular weight is 428 g/mol. The van der Waals surface area contributed by atoms with Crippen LogP contribution in [0.3, 0.4) is 0 Å². The smallest absolute Gasteiger partial charge is 0.254 e. The highest BCUT2D eigenvalue weighted by molar-refractivity contribution is 5.98. The lowest BCUT2D eigenvalue weighted by atomic mass is 9.85. The molecule has 5 rings (SSSR count). The summed E-state index contributed by atoms with van der Waals surface area (Å²) in [5.41, 5.74) is 2.05. The number of carbonyl (C=O) groups is 1. The number of β-amino-alcohol motifs (C(OH)–C–C–N with tert-alkyl or cyclic N) is 1. The summed E-state index contributed by atoms with van der Waals surface area (Å²) >= 11 is 0. The highest BCUT2D eigenvalue weighted by Gasteiger charge is 2.39. The number of rotatable bonds is 5. The van der Waals surface area contributed by atoms with E-state index in [-0.39, 0.29) is 5.91 Å². The van der Waals surface area contributed by atoms with Crippen molar-refractivity contribution >= 4 is 16.9 Å². The Balaban J connectivity index is 1.68. The molecule has 3 aromatic carbocycles. The molecular weight excluding hydrogens is 402 g/mol. The van der Waals surface area contributed by atoms with Crippen LogP contribution in [0.4, 0.5) is 0 Å². The van der Waals surface area contributed by atoms with E-state index in [1.54, 1.807) is 11.0 Å². The minimum absolute atomic E-state index is 0.107. The first-order chi connectivity index (χ1) is 15.5. The Bertz CT molecular complexity index is 1220. The second-order valence-electron chi connectivity index (χ2n) is 8.19. The predicted molar refractivity (Wildman–Crippen MR) is 122 cm³/mol. The van der Waals surface area contributed by atoms with Crippen LogP contribution in [0, 0.1) is 0 Å². The topological polar surface area (TPSA) is 78.6 Å². The second kappa shape index (κ2) is 7.89. The SMILES string of the molecule is CCn1c(C(O)(c2ccccc2)c2ccccc2)nc2ccc(C(=O)N3CC(O)C3)cc21. The molecule has 162 valence electrons. The van der Waals surface area contributed by atoms with Crippen LogP contribution in [0.5, 0.6) is 0 Å². The summed E-state index contributed by atoms with van der Waals surface area (Å²) in [6.45, 7) is 3.29. The molecule has 0 atom stereocenters. The third kappa shape index (κ3) is 3.20. The van der Waals surface area contributed by atoms with E-state index in [1.807, 2.05) is 84.3 Å². The molecule has 0 aliphatic carbocycles. The fourth-order valence-corrected chi connectivity index (χ4v) is 4.44. The quantitative estimate of drug-likeness (QED) is 0.513. The van der Waals surface area contributed by atoms with E-state index in [2.05, 4.69) is 0 Å². The predicted octanol–water partition coefficient (Wildman–Crippen LogP) is 3.16. The molecule has 1 aliphatic rings. The summed E-state index contributed by atoms with van der Waals surface area (Å²) < 4.78 is 1.97. The minimum Gasteiger partial charge on any atom is -0.389 e. The Morgan fingerprint density at radius 2 is 1.59 bits per heavy atom. The van der Waals surface area contributed by atoms with Gasteiger partial charge in [0.1, 0.15) is 0 Å². The van der Waals surface area contributed by atoms with Crippen LogP contribution in [-0.4, -0.2) is 49.8 Å². The number of hydrogen-bond acceptors (Lipinski definition) is 4. The minimum atomic E-state index is -1.46. The standard InChI is InChI=1S/C26H25N3O3/c1-2-29-23-15-18(24(31)28-16-21(30)17-28)13-14-22(23)27-25(29)26(32,19-9-5-3-6-10-19)20-11-7-4-8-12-20/h3-15,21,30,32H,2,16-17H2,1H3. The number of fused-ring (bicyclic) bond motifs is 1. The van der Waals surface area contributed by atoms with Crippen molar-refractivity contribution in [3.05, 3.63) is 101 Å². The number of amides is 1. The molecule has 6 heteroatoms. The summed E-state index contributed by atoms with van der Waals surface area (Å²) in [5, 5.41) is 21.7. The zero-order valence-electron chi connectivity index (χ0n) is 17.8. The fraction of sp³-hybridized carbons (Fsp3) is 0.231. The number of aliphatic hydroxyl groups is 2. The number of carbonyl (C=O) groups excluding carboxylic acids is 1. The van der Waals surface area contributed by atoms with Gasteiger partial charge in [0.05, 0.1) is 17.1 Å². The summed E-state index contributed by atoms with van der Waals surface area (Å²) in [6, 6.07) is 24.5. The van der Waals surface area contributed by atoms with Gasteiger partial charge in [0, 0.05) is 25.2 Å². The third-order valence-corrected chi connectivity index (χ3v) is 6.17. The van der Waals surface area contributed by atoms with E-state index in [0.717, 1.165) is 16.6 Å². The van der Waals surface area contributed by atoms with Crippen molar-refractivity contribution in [3.63, 3.8) is 0 Å². The summed E-state index contributed by atoms with van der Waals surface area (Å²) in [5.74, 6) is 0.403. The van der Waals surface area contributed by atoms with E-state index >= 15 is 0 Å². The van der Waals surface area contributed by atoms with E-state index in [9.17, 15) is 15.0 Å². The lowest BCUT2D eigenvalue weighted by Crippen LogP contribution is -2.53. The zero-order valence-corrected chi connectivity index (χ0v) is 17.8. The highest BCUT2D eigenvalue weighted by atomic mass is 16.3. The molecule has 1 saturated heterocycles. The van der Waals surface area contributed by atoms with Crippen LogP contribution in [0.1, 0.15) is 34.2 Å². The van der Waals surface area contributed by atoms with Crippen molar-refractivity contribution < 1.29 is 15.0 Å². The molecule has 2 N–H and O–H groups in total. The number of nitrogens with zero attached hydrogens (tertiary/aromatic N) is 3. The van der Waals surface area contributed by atoms with Gasteiger partial charge in [-0.15, -0.1) is 0 Å². The van der Waals surface area contributed by atoms with E-state index in [4.69, 9.17) is 4.98 Å². The molecule has 1 aromatic heterocycles. The number of imidazole rings is 1. The first-order valence-corrected chi connectivity index (χ1v) is 10.8. The van der Waals surface area contributed by atoms with Crippen molar-refractivity contribution in [2.75, 3.05) is 13.1 Å². The molecule has 1 amide bonds. The first-order valence-electron chi connectivity index (χ1n) is 10.8. The average Bonchev–Trinajstić information content (AvgIpc) is 3.20. The van der Waals surface area contributed by atoms with Crippen LogP contribution >= 0.6 is 0 Å². The van der Waals surface area contributed by atoms with Gasteiger partial charge < -0.3 is 19.7 Å². The van der Waals surface area contributed by atoms with E-state index < -0.39 is 11.7 Å². The van der Waals surface area contributed by atoms with E-state index in [1.165, 1.54) is 0 Å². The maximum absolute atomic E-state index is 12.8. The molecule has 1 fully saturated rings. The molecule has 0 unspecified atom stereocenters. The number of aromatic nitrogens is 2. The van der Waals surface area contributed by atoms with Crippen LogP contribution in [0.25, 0.3) is 11.0 Å². The molecule has 0 saturated carbocycles. The van der Waals surface area contributed by atoms with Crippen molar-refractivity contribution in [3.8, 4) is 0 Å². The van der Waals surface area contributed by atoms with Gasteiger partial charge in [-0.25, -0.2) is 4.98 Å². The van der Waals surface area contributed by atoms with Crippen molar-refractivity contribution in [1.29, 1.82) is 0 Å². The number of hydrogen-bond donors (Lipinski definition) is 2. The number of aliphatic hydroxyl groups excluding tert-OH is 1. The normalized spacial score (nSPS) is 14.5. The lowest BCUT2D eigenvalue weighted by molar-refractivity contribution is 0.00590. The Morgan fingerprint density at radius 3 is 2.12 bits per heavy atom. The molecular formula is C26H25N3O3. The first kappa shape index (κ1) is 20.4. The summed E-state index contributed by atoms with van der Waals surface area (Å²) in [6.07, 6.45) is -0.442. The summed E-state index contributed by atoms with van der Waals surface area (Å²) in [4.78, 5) is 19.3. The van der Waals surface area contributed by atoms with Gasteiger partial charge in [0.15, 0.2) is 11.4 Å². The number of aryl methyl sites for hydroxylation is 1. The molecule has 4 aromatic rings. The Hall–Kier alpha value is -3.48. The fourth-order valence-electron chi connectivity index (χ4n) is 4.44. The van der Waals surface area contributed by atoms with Crippen LogP contribution in [0.15, 0.2) is 78.9 Å². The molecule has 6 nitrogen and oxygen atoms in total. The van der Waals surface area contributed by atoms with Gasteiger partial charge in [0.25, 0.3) is 5.91 Å². The Morgan fingerprint density at radius 1 is 1.00 bits per heavy atom. The maximum atomic E-state index is 12.8. The zero-order chi connectivity index (χ0) is 22.3. The Labute approximate surface area is 186 Å². The molecule has 0 bridgehead atoms. The maximum Gasteiger partial charge on any atom is 0.254 e. The van der Waals surface area contributed by atoms with Crippen LogP contribution in [0.2, 0.25) is 0 Å². The lowest BCUT2D eigenvalue weighted by Gasteiger charge is -2.35. The van der Waals surface area contributed by atoms with Crippen molar-refractivity contribution in [2.24, 2.45) is 0 Å². The van der Waals surface area contributed by atoms with Gasteiger partial charge in [-0.05, 0) is 36.2 Å². The van der Waals surface area contributed by atoms with Gasteiger partial charge in [0.2, 0.25) is 0 Å². The summed E-state index contributed by atoms with van der Waals surface area (Å²) in [7, 11) is 0. The third-order valence-electron chi connectivity index (χ3n) is 6.17.